The highest BCUT2D eigenvalue weighted by atomic mass is 35.5. The third-order valence-corrected chi connectivity index (χ3v) is 3.73. The van der Waals surface area contributed by atoms with E-state index in [-0.39, 0.29) is 5.91 Å². The molecular weight excluding hydrogens is 360 g/mol. The Labute approximate surface area is 154 Å². The smallest absolute Gasteiger partial charge is 0.221 e. The van der Waals surface area contributed by atoms with Crippen molar-refractivity contribution in [2.24, 2.45) is 0 Å². The van der Waals surface area contributed by atoms with Gasteiger partial charge in [0.2, 0.25) is 5.91 Å². The Morgan fingerprint density at radius 3 is 2.38 bits per heavy atom. The minimum atomic E-state index is -0.695. The van der Waals surface area contributed by atoms with Gasteiger partial charge in [-0.05, 0) is 48.0 Å². The first-order chi connectivity index (χ1) is 12.4. The Hall–Kier alpha value is -2.92. The number of rotatable bonds is 4. The lowest BCUT2D eigenvalue weighted by molar-refractivity contribution is -0.114. The molecule has 0 saturated carbocycles. The molecule has 0 aliphatic carbocycles. The summed E-state index contributed by atoms with van der Waals surface area (Å²) in [7, 11) is 0. The van der Waals surface area contributed by atoms with E-state index in [0.717, 1.165) is 6.07 Å². The van der Waals surface area contributed by atoms with E-state index in [0.29, 0.717) is 33.3 Å². The molecule has 0 bridgehead atoms. The minimum absolute atomic E-state index is 0.247. The maximum Gasteiger partial charge on any atom is 0.221 e. The molecule has 0 aromatic heterocycles. The van der Waals surface area contributed by atoms with E-state index in [1.807, 2.05) is 0 Å². The highest BCUT2D eigenvalue weighted by Gasteiger charge is 2.12. The summed E-state index contributed by atoms with van der Waals surface area (Å²) in [5.41, 5.74) is 1.28. The Morgan fingerprint density at radius 1 is 1.00 bits per heavy atom. The zero-order valence-corrected chi connectivity index (χ0v) is 14.5. The molecule has 0 heterocycles. The van der Waals surface area contributed by atoms with Crippen LogP contribution in [0.3, 0.4) is 0 Å². The molecule has 3 rings (SSSR count). The van der Waals surface area contributed by atoms with Gasteiger partial charge in [0.15, 0.2) is 0 Å². The van der Waals surface area contributed by atoms with E-state index in [1.165, 1.54) is 19.1 Å². The normalized spacial score (nSPS) is 10.5. The van der Waals surface area contributed by atoms with Gasteiger partial charge in [0, 0.05) is 35.3 Å². The largest absolute Gasteiger partial charge is 0.457 e. The molecule has 3 aromatic carbocycles. The summed E-state index contributed by atoms with van der Waals surface area (Å²) in [5, 5.41) is 3.14. The number of amides is 1. The van der Waals surface area contributed by atoms with Crippen LogP contribution in [0, 0.1) is 11.6 Å². The van der Waals surface area contributed by atoms with Gasteiger partial charge in [-0.25, -0.2) is 8.78 Å². The van der Waals surface area contributed by atoms with Gasteiger partial charge in [-0.15, -0.1) is 0 Å². The molecule has 0 fully saturated rings. The van der Waals surface area contributed by atoms with Crippen LogP contribution in [0.15, 0.2) is 60.7 Å². The van der Waals surface area contributed by atoms with Gasteiger partial charge in [-0.1, -0.05) is 17.7 Å². The topological polar surface area (TPSA) is 38.3 Å². The maximum absolute atomic E-state index is 13.6. The molecule has 132 valence electrons. The molecule has 6 heteroatoms. The van der Waals surface area contributed by atoms with Crippen molar-refractivity contribution >= 4 is 23.2 Å². The number of hydrogen-bond acceptors (Lipinski definition) is 2. The van der Waals surface area contributed by atoms with Crippen molar-refractivity contribution in [3.63, 3.8) is 0 Å². The molecule has 0 aliphatic heterocycles. The number of benzene rings is 3. The lowest BCUT2D eigenvalue weighted by atomic mass is 10.0. The summed E-state index contributed by atoms with van der Waals surface area (Å²) in [4.78, 5) is 11.3. The van der Waals surface area contributed by atoms with Crippen LogP contribution in [0.5, 0.6) is 11.5 Å². The third-order valence-electron chi connectivity index (χ3n) is 3.50. The molecule has 0 radical (unpaired) electrons. The highest BCUT2D eigenvalue weighted by molar-refractivity contribution is 6.30. The lowest BCUT2D eigenvalue weighted by Gasteiger charge is -2.14. The van der Waals surface area contributed by atoms with E-state index in [1.54, 1.807) is 42.5 Å². The van der Waals surface area contributed by atoms with E-state index in [9.17, 15) is 13.6 Å². The fourth-order valence-corrected chi connectivity index (χ4v) is 2.67. The molecule has 0 aliphatic rings. The van der Waals surface area contributed by atoms with Crippen LogP contribution >= 0.6 is 11.6 Å². The van der Waals surface area contributed by atoms with Gasteiger partial charge >= 0.3 is 0 Å². The van der Waals surface area contributed by atoms with Crippen molar-refractivity contribution in [1.82, 2.24) is 0 Å². The average molecular weight is 374 g/mol. The lowest BCUT2D eigenvalue weighted by Crippen LogP contribution is -2.05. The number of carbonyl (C=O) groups is 1. The van der Waals surface area contributed by atoms with Gasteiger partial charge in [0.05, 0.1) is 0 Å². The van der Waals surface area contributed by atoms with Crippen molar-refractivity contribution < 1.29 is 18.3 Å². The first kappa shape index (κ1) is 17.9. The second-order valence-electron chi connectivity index (χ2n) is 5.61. The summed E-state index contributed by atoms with van der Waals surface area (Å²) in [5.74, 6) is -0.860. The summed E-state index contributed by atoms with van der Waals surface area (Å²) < 4.78 is 33.1. The van der Waals surface area contributed by atoms with Crippen molar-refractivity contribution in [3.8, 4) is 22.6 Å². The molecule has 0 unspecified atom stereocenters. The summed E-state index contributed by atoms with van der Waals surface area (Å²) >= 11 is 5.97. The van der Waals surface area contributed by atoms with Crippen LogP contribution in [0.4, 0.5) is 14.5 Å². The Balaban J connectivity index is 2.09. The molecule has 1 amide bonds. The molecule has 0 spiro atoms. The zero-order chi connectivity index (χ0) is 18.7. The van der Waals surface area contributed by atoms with Gasteiger partial charge < -0.3 is 10.1 Å². The molecule has 3 nitrogen and oxygen atoms in total. The first-order valence-corrected chi connectivity index (χ1v) is 8.10. The number of ether oxygens (including phenoxy) is 1. The monoisotopic (exact) mass is 373 g/mol. The second kappa shape index (κ2) is 7.54. The molecule has 26 heavy (non-hydrogen) atoms. The number of hydrogen-bond donors (Lipinski definition) is 1. The predicted molar refractivity (Wildman–Crippen MR) is 97.6 cm³/mol. The van der Waals surface area contributed by atoms with Gasteiger partial charge in [-0.2, -0.15) is 0 Å². The quantitative estimate of drug-likeness (QED) is 0.605. The molecule has 3 aromatic rings. The number of nitrogens with one attached hydrogen (secondary N) is 1. The van der Waals surface area contributed by atoms with Crippen molar-refractivity contribution in [3.05, 3.63) is 77.3 Å². The van der Waals surface area contributed by atoms with Crippen LogP contribution in [0.25, 0.3) is 11.1 Å². The van der Waals surface area contributed by atoms with Gasteiger partial charge in [-0.3, -0.25) is 4.79 Å². The van der Waals surface area contributed by atoms with Crippen LogP contribution in [0.2, 0.25) is 5.02 Å². The SMILES string of the molecule is CC(=O)Nc1ccc(-c2cc(F)cc(F)c2)c(Oc2cccc(Cl)c2)c1. The third kappa shape index (κ3) is 4.37. The van der Waals surface area contributed by atoms with Crippen LogP contribution in [-0.2, 0) is 4.79 Å². The van der Waals surface area contributed by atoms with E-state index < -0.39 is 11.6 Å². The summed E-state index contributed by atoms with van der Waals surface area (Å²) in [6, 6.07) is 14.8. The fraction of sp³-hybridized carbons (Fsp3) is 0.0500. The summed E-state index contributed by atoms with van der Waals surface area (Å²) in [6.45, 7) is 1.38. The van der Waals surface area contributed by atoms with E-state index in [4.69, 9.17) is 16.3 Å². The zero-order valence-electron chi connectivity index (χ0n) is 13.7. The van der Waals surface area contributed by atoms with Crippen LogP contribution in [0.1, 0.15) is 6.92 Å². The number of halogens is 3. The Bertz CT molecular complexity index is 956. The van der Waals surface area contributed by atoms with Gasteiger partial charge in [0.1, 0.15) is 23.1 Å². The Kier molecular flexibility index (Phi) is 5.19. The molecule has 1 N–H and O–H groups in total. The maximum atomic E-state index is 13.6. The average Bonchev–Trinajstić information content (AvgIpc) is 2.53. The van der Waals surface area contributed by atoms with Crippen molar-refractivity contribution in [2.45, 2.75) is 6.92 Å². The van der Waals surface area contributed by atoms with E-state index >= 15 is 0 Å². The van der Waals surface area contributed by atoms with E-state index in [2.05, 4.69) is 5.32 Å². The summed E-state index contributed by atoms with van der Waals surface area (Å²) in [6.07, 6.45) is 0. The highest BCUT2D eigenvalue weighted by Crippen LogP contribution is 2.36. The molecule has 0 atom stereocenters. The van der Waals surface area contributed by atoms with Crippen LogP contribution in [-0.4, -0.2) is 5.91 Å². The number of carbonyl (C=O) groups excluding carboxylic acids is 1. The molecular formula is C20H14ClF2NO2. The predicted octanol–water partition coefficient (Wildman–Crippen LogP) is 6.04. The van der Waals surface area contributed by atoms with Crippen molar-refractivity contribution in [1.29, 1.82) is 0 Å². The van der Waals surface area contributed by atoms with Crippen molar-refractivity contribution in [2.75, 3.05) is 5.32 Å². The van der Waals surface area contributed by atoms with Gasteiger partial charge in [0.25, 0.3) is 0 Å². The standard InChI is InChI=1S/C20H14ClF2NO2/c1-12(25)24-17-5-6-19(13-7-15(22)10-16(23)8-13)20(11-17)26-18-4-2-3-14(21)9-18/h2-11H,1H3,(H,24,25). The number of anilines is 1. The second-order valence-corrected chi connectivity index (χ2v) is 6.05. The minimum Gasteiger partial charge on any atom is -0.457 e. The Morgan fingerprint density at radius 2 is 1.73 bits per heavy atom. The van der Waals surface area contributed by atoms with Crippen LogP contribution < -0.4 is 10.1 Å². The first-order valence-electron chi connectivity index (χ1n) is 7.72. The fourth-order valence-electron chi connectivity index (χ4n) is 2.49. The molecule has 0 saturated heterocycles.